The molecule has 6 heteroatoms. The van der Waals surface area contributed by atoms with E-state index in [1.807, 2.05) is 48.5 Å². The van der Waals surface area contributed by atoms with Crippen LogP contribution < -0.4 is 4.90 Å². The molecule has 2 atom stereocenters. The molecular formula is C18H18Cl2N3O+. The average molecular weight is 363 g/mol. The van der Waals surface area contributed by atoms with E-state index < -0.39 is 0 Å². The van der Waals surface area contributed by atoms with Crippen molar-refractivity contribution in [3.8, 4) is 11.5 Å². The maximum absolute atomic E-state index is 6.01. The van der Waals surface area contributed by atoms with Gasteiger partial charge in [0.05, 0.1) is 7.05 Å². The van der Waals surface area contributed by atoms with E-state index in [2.05, 4.69) is 24.2 Å². The molecule has 0 spiro atoms. The molecule has 0 fully saturated rings. The highest BCUT2D eigenvalue weighted by Gasteiger charge is 2.22. The molecule has 2 aromatic carbocycles. The van der Waals surface area contributed by atoms with Crippen LogP contribution in [0.5, 0.6) is 0 Å². The van der Waals surface area contributed by atoms with E-state index in [1.165, 1.54) is 10.5 Å². The zero-order valence-electron chi connectivity index (χ0n) is 13.5. The summed E-state index contributed by atoms with van der Waals surface area (Å²) < 4.78 is 5.84. The smallest absolute Gasteiger partial charge is 0.274 e. The molecule has 1 unspecified atom stereocenters. The van der Waals surface area contributed by atoms with Gasteiger partial charge in [0.1, 0.15) is 6.54 Å². The van der Waals surface area contributed by atoms with Crippen molar-refractivity contribution in [2.45, 2.75) is 19.5 Å². The number of quaternary nitrogens is 1. The van der Waals surface area contributed by atoms with Gasteiger partial charge in [0.25, 0.3) is 5.89 Å². The molecule has 124 valence electrons. The van der Waals surface area contributed by atoms with Gasteiger partial charge in [-0.05, 0) is 37.3 Å². The van der Waals surface area contributed by atoms with Gasteiger partial charge in [0.15, 0.2) is 6.04 Å². The number of rotatable bonds is 5. The molecule has 1 aromatic heterocycles. The molecule has 0 bridgehead atoms. The second-order valence-corrected chi connectivity index (χ2v) is 6.70. The number of nitrogens with one attached hydrogen (secondary N) is 1. The Morgan fingerprint density at radius 2 is 1.79 bits per heavy atom. The van der Waals surface area contributed by atoms with Crippen LogP contribution in [0.1, 0.15) is 24.4 Å². The first-order valence-corrected chi connectivity index (χ1v) is 8.44. The van der Waals surface area contributed by atoms with Crippen LogP contribution in [-0.4, -0.2) is 17.2 Å². The summed E-state index contributed by atoms with van der Waals surface area (Å²) in [6, 6.07) is 15.3. The summed E-state index contributed by atoms with van der Waals surface area (Å²) in [6.45, 7) is 2.91. The second-order valence-electron chi connectivity index (χ2n) is 5.83. The van der Waals surface area contributed by atoms with Crippen LogP contribution in [0, 0.1) is 0 Å². The van der Waals surface area contributed by atoms with Gasteiger partial charge < -0.3 is 9.32 Å². The fourth-order valence-electron chi connectivity index (χ4n) is 2.44. The van der Waals surface area contributed by atoms with Gasteiger partial charge in [-0.3, -0.25) is 0 Å². The topological polar surface area (TPSA) is 43.4 Å². The molecule has 0 amide bonds. The third-order valence-electron chi connectivity index (χ3n) is 4.02. The second kappa shape index (κ2) is 7.34. The standard InChI is InChI=1S/C18H17Cl2N3O/c1-12(23(2)11-13-6-8-15(19)9-7-13)17-21-22-18(24-17)14-4-3-5-16(20)10-14/h3-10,12H,11H2,1-2H3/p+1/t12-/m1/s1. The van der Waals surface area contributed by atoms with Crippen LogP contribution >= 0.6 is 23.2 Å². The van der Waals surface area contributed by atoms with Crippen LogP contribution in [0.3, 0.4) is 0 Å². The highest BCUT2D eigenvalue weighted by atomic mass is 35.5. The SMILES string of the molecule is C[C@H](c1nnc(-c2cccc(Cl)c2)o1)[NH+](C)Cc1ccc(Cl)cc1. The van der Waals surface area contributed by atoms with Crippen LogP contribution in [0.25, 0.3) is 11.5 Å². The number of halogens is 2. The summed E-state index contributed by atoms with van der Waals surface area (Å²) in [5.41, 5.74) is 2.03. The van der Waals surface area contributed by atoms with E-state index in [1.54, 1.807) is 0 Å². The monoisotopic (exact) mass is 362 g/mol. The Kier molecular flexibility index (Phi) is 5.19. The zero-order chi connectivity index (χ0) is 17.1. The molecule has 0 saturated heterocycles. The fraction of sp³-hybridized carbons (Fsp3) is 0.222. The zero-order valence-corrected chi connectivity index (χ0v) is 15.0. The van der Waals surface area contributed by atoms with Gasteiger partial charge in [-0.25, -0.2) is 0 Å². The van der Waals surface area contributed by atoms with Gasteiger partial charge in [-0.2, -0.15) is 0 Å². The van der Waals surface area contributed by atoms with Crippen molar-refractivity contribution in [3.63, 3.8) is 0 Å². The van der Waals surface area contributed by atoms with Crippen molar-refractivity contribution in [2.75, 3.05) is 7.05 Å². The number of nitrogens with zero attached hydrogens (tertiary/aromatic N) is 2. The molecule has 1 heterocycles. The van der Waals surface area contributed by atoms with Gasteiger partial charge in [-0.15, -0.1) is 10.2 Å². The molecule has 0 aliphatic rings. The van der Waals surface area contributed by atoms with Gasteiger partial charge in [-0.1, -0.05) is 41.4 Å². The molecular weight excluding hydrogens is 345 g/mol. The summed E-state index contributed by atoms with van der Waals surface area (Å²) in [6.07, 6.45) is 0. The van der Waals surface area contributed by atoms with Crippen molar-refractivity contribution in [1.82, 2.24) is 10.2 Å². The van der Waals surface area contributed by atoms with Crippen LogP contribution in [0.4, 0.5) is 0 Å². The minimum Gasteiger partial charge on any atom is -0.415 e. The number of hydrogen-bond acceptors (Lipinski definition) is 3. The minimum absolute atomic E-state index is 0.0705. The summed E-state index contributed by atoms with van der Waals surface area (Å²) in [5, 5.41) is 9.73. The molecule has 0 aliphatic carbocycles. The maximum atomic E-state index is 6.01. The summed E-state index contributed by atoms with van der Waals surface area (Å²) in [4.78, 5) is 1.25. The Labute approximate surface area is 151 Å². The molecule has 3 aromatic rings. The van der Waals surface area contributed by atoms with E-state index in [4.69, 9.17) is 27.6 Å². The lowest BCUT2D eigenvalue weighted by atomic mass is 10.2. The largest absolute Gasteiger partial charge is 0.415 e. The first kappa shape index (κ1) is 17.0. The Balaban J connectivity index is 1.73. The predicted molar refractivity (Wildman–Crippen MR) is 95.2 cm³/mol. The molecule has 4 nitrogen and oxygen atoms in total. The lowest BCUT2D eigenvalue weighted by Crippen LogP contribution is -3.07. The summed E-state index contributed by atoms with van der Waals surface area (Å²) in [7, 11) is 2.10. The van der Waals surface area contributed by atoms with E-state index in [0.717, 1.165) is 17.1 Å². The van der Waals surface area contributed by atoms with Gasteiger partial charge >= 0.3 is 0 Å². The fourth-order valence-corrected chi connectivity index (χ4v) is 2.75. The Morgan fingerprint density at radius 3 is 2.50 bits per heavy atom. The molecule has 24 heavy (non-hydrogen) atoms. The van der Waals surface area contributed by atoms with E-state index in [-0.39, 0.29) is 6.04 Å². The first-order chi connectivity index (χ1) is 11.5. The minimum atomic E-state index is 0.0705. The lowest BCUT2D eigenvalue weighted by Gasteiger charge is -2.18. The van der Waals surface area contributed by atoms with Crippen LogP contribution in [0.2, 0.25) is 10.0 Å². The average Bonchev–Trinajstić information content (AvgIpc) is 3.06. The van der Waals surface area contributed by atoms with E-state index >= 15 is 0 Å². The molecule has 0 aliphatic heterocycles. The van der Waals surface area contributed by atoms with Crippen molar-refractivity contribution in [3.05, 3.63) is 70.0 Å². The van der Waals surface area contributed by atoms with Crippen molar-refractivity contribution < 1.29 is 9.32 Å². The van der Waals surface area contributed by atoms with Crippen LogP contribution in [-0.2, 0) is 6.54 Å². The highest BCUT2D eigenvalue weighted by Crippen LogP contribution is 2.22. The summed E-state index contributed by atoms with van der Waals surface area (Å²) >= 11 is 11.9. The Hall–Kier alpha value is -1.88. The number of benzene rings is 2. The third kappa shape index (κ3) is 3.96. The number of aromatic nitrogens is 2. The lowest BCUT2D eigenvalue weighted by molar-refractivity contribution is -0.925. The Morgan fingerprint density at radius 1 is 1.04 bits per heavy atom. The van der Waals surface area contributed by atoms with E-state index in [9.17, 15) is 0 Å². The Bertz CT molecular complexity index is 817. The van der Waals surface area contributed by atoms with Crippen LogP contribution in [0.15, 0.2) is 52.9 Å². The van der Waals surface area contributed by atoms with Crippen molar-refractivity contribution in [1.29, 1.82) is 0 Å². The predicted octanol–water partition coefficient (Wildman–Crippen LogP) is 3.82. The number of hydrogen-bond donors (Lipinski definition) is 1. The van der Waals surface area contributed by atoms with Crippen molar-refractivity contribution >= 4 is 23.2 Å². The van der Waals surface area contributed by atoms with Gasteiger partial charge in [0.2, 0.25) is 5.89 Å². The normalized spacial score (nSPS) is 13.7. The third-order valence-corrected chi connectivity index (χ3v) is 4.51. The first-order valence-electron chi connectivity index (χ1n) is 7.69. The maximum Gasteiger partial charge on any atom is 0.274 e. The highest BCUT2D eigenvalue weighted by molar-refractivity contribution is 6.31. The molecule has 0 saturated carbocycles. The molecule has 1 N–H and O–H groups in total. The summed E-state index contributed by atoms with van der Waals surface area (Å²) in [5.74, 6) is 1.09. The van der Waals surface area contributed by atoms with Gasteiger partial charge in [0, 0.05) is 21.2 Å². The van der Waals surface area contributed by atoms with E-state index in [0.29, 0.717) is 16.8 Å². The quantitative estimate of drug-likeness (QED) is 0.750. The van der Waals surface area contributed by atoms with Crippen molar-refractivity contribution in [2.24, 2.45) is 0 Å². The molecule has 3 rings (SSSR count). The molecule has 0 radical (unpaired) electrons.